The number of carbonyl (C=O) groups excluding carboxylic acids is 2. The zero-order valence-electron chi connectivity index (χ0n) is 42.9. The van der Waals surface area contributed by atoms with Crippen molar-refractivity contribution in [3.63, 3.8) is 0 Å². The number of rotatable bonds is 17. The van der Waals surface area contributed by atoms with E-state index in [-0.39, 0.29) is 75.1 Å². The second kappa shape index (κ2) is 25.7. The minimum absolute atomic E-state index is 0.0993. The summed E-state index contributed by atoms with van der Waals surface area (Å²) in [5.74, 6) is -1.45. The highest BCUT2D eigenvalue weighted by Gasteiger charge is 2.34. The predicted molar refractivity (Wildman–Crippen MR) is 306 cm³/mol. The summed E-state index contributed by atoms with van der Waals surface area (Å²) in [6.45, 7) is 7.94. The number of anilines is 2. The van der Waals surface area contributed by atoms with Gasteiger partial charge in [0.25, 0.3) is 19.4 Å². The Morgan fingerprint density at radius 3 is 1.27 bits per heavy atom. The molecule has 412 valence electrons. The average molecular weight is 1220 g/mol. The van der Waals surface area contributed by atoms with Gasteiger partial charge in [-0.15, -0.1) is 0 Å². The summed E-state index contributed by atoms with van der Waals surface area (Å²) in [4.78, 5) is 24.8. The van der Waals surface area contributed by atoms with Crippen LogP contribution in [0.3, 0.4) is 0 Å². The Bertz CT molecular complexity index is 3420. The summed E-state index contributed by atoms with van der Waals surface area (Å²) in [5.41, 5.74) is 6.80. The molecule has 0 aliphatic rings. The molecule has 77 heavy (non-hydrogen) atoms. The fraction of sp³-hybridized carbons (Fsp3) is 0.245. The van der Waals surface area contributed by atoms with Crippen molar-refractivity contribution in [2.45, 2.75) is 35.3 Å². The summed E-state index contributed by atoms with van der Waals surface area (Å²) >= 11 is 34.3. The number of methoxy groups -OCH3 is 4. The van der Waals surface area contributed by atoms with Gasteiger partial charge in [0, 0.05) is 11.1 Å². The number of hydrogen-bond acceptors (Lipinski definition) is 14. The molecule has 0 fully saturated rings. The number of halogens is 6. The Morgan fingerprint density at radius 1 is 0.532 bits per heavy atom. The lowest BCUT2D eigenvalue weighted by Gasteiger charge is -2.22. The van der Waals surface area contributed by atoms with Gasteiger partial charge in [0.1, 0.15) is 29.6 Å². The highest BCUT2D eigenvalue weighted by atomic mass is 35.6. The van der Waals surface area contributed by atoms with Crippen molar-refractivity contribution in [3.8, 4) is 90.5 Å². The topological polar surface area (TPSA) is 211 Å². The molecule has 16 nitrogen and oxygen atoms in total. The Labute approximate surface area is 477 Å². The molecular weight excluding hydrogens is 1170 g/mol. The van der Waals surface area contributed by atoms with Crippen molar-refractivity contribution >= 4 is 113 Å². The number of alkyl halides is 6. The van der Waals surface area contributed by atoms with Crippen molar-refractivity contribution in [3.05, 3.63) is 120 Å². The third-order valence-electron chi connectivity index (χ3n) is 10.7. The molecule has 24 heteroatoms. The highest BCUT2D eigenvalue weighted by Crippen LogP contribution is 2.53. The molecule has 0 aromatic heterocycles. The first-order chi connectivity index (χ1) is 35.9. The Hall–Kier alpha value is -5.96. The van der Waals surface area contributed by atoms with Gasteiger partial charge in [-0.25, -0.2) is 0 Å². The van der Waals surface area contributed by atoms with Crippen LogP contribution >= 0.6 is 69.6 Å². The van der Waals surface area contributed by atoms with E-state index in [4.69, 9.17) is 102 Å². The van der Waals surface area contributed by atoms with Gasteiger partial charge in [-0.05, 0) is 92.4 Å². The lowest BCUT2D eigenvalue weighted by atomic mass is 9.95. The van der Waals surface area contributed by atoms with E-state index < -0.39 is 39.6 Å². The lowest BCUT2D eigenvalue weighted by molar-refractivity contribution is -0.116. The maximum absolute atomic E-state index is 12.6. The second-order valence-electron chi connectivity index (χ2n) is 17.0. The van der Waals surface area contributed by atoms with Gasteiger partial charge in [0.2, 0.25) is 0 Å². The fourth-order valence-corrected chi connectivity index (χ4v) is 8.46. The van der Waals surface area contributed by atoms with Gasteiger partial charge in [-0.2, -0.15) is 16.8 Å². The van der Waals surface area contributed by atoms with Gasteiger partial charge in [0.15, 0.2) is 23.0 Å². The molecule has 0 heterocycles. The van der Waals surface area contributed by atoms with Crippen molar-refractivity contribution < 1.29 is 63.6 Å². The molecule has 6 rings (SSSR count). The minimum Gasteiger partial charge on any atom is -0.506 e. The standard InChI is InChI=1S/C29H30Cl3NO7S.C24H22Cl3NO7S/c1-17(2)13-14-39-23-12-11-20(15-22(23)33-28(34)29(30,31)32)25-24(37-4)16-21(19-9-7-18(3)8-10-19)26(38-5)27(25)40-41(6,35)36;1-13-5-7-14(8-6-13)16-12-19(33-2)20(22(21(16)34-3)35-36(4,31)32)15-9-10-18(29)17(11-15)28-23(30)24(25,26)27/h7-13,15-16H,14H2,1-6H3,(H,33,34);5-12,29H,1-4H3,(H,28,30). The average Bonchev–Trinajstić information content (AvgIpc) is 3.33. The highest BCUT2D eigenvalue weighted by molar-refractivity contribution is 7.86. The fourth-order valence-electron chi connectivity index (χ4n) is 7.25. The molecule has 0 radical (unpaired) electrons. The van der Waals surface area contributed by atoms with Crippen LogP contribution in [-0.4, -0.2) is 88.9 Å². The van der Waals surface area contributed by atoms with Crippen LogP contribution in [0, 0.1) is 13.8 Å². The van der Waals surface area contributed by atoms with E-state index in [9.17, 15) is 31.5 Å². The van der Waals surface area contributed by atoms with Gasteiger partial charge in [-0.3, -0.25) is 9.59 Å². The summed E-state index contributed by atoms with van der Waals surface area (Å²) in [7, 11) is -2.44. The number of allylic oxidation sites excluding steroid dienone is 1. The number of amides is 2. The number of aromatic hydroxyl groups is 1. The first-order valence-electron chi connectivity index (χ1n) is 22.4. The smallest absolute Gasteiger partial charge is 0.306 e. The predicted octanol–water partition coefficient (Wildman–Crippen LogP) is 13.0. The van der Waals surface area contributed by atoms with E-state index in [1.807, 2.05) is 82.3 Å². The molecular formula is C53H52Cl6N2O14S2. The molecule has 0 unspecified atom stereocenters. The van der Waals surface area contributed by atoms with Crippen LogP contribution in [0.25, 0.3) is 44.5 Å². The van der Waals surface area contributed by atoms with E-state index in [1.165, 1.54) is 52.7 Å². The van der Waals surface area contributed by atoms with Crippen LogP contribution in [0.4, 0.5) is 11.4 Å². The molecule has 0 bridgehead atoms. The monoisotopic (exact) mass is 1210 g/mol. The number of phenolic OH excluding ortho intramolecular Hbond substituents is 1. The maximum Gasteiger partial charge on any atom is 0.306 e. The van der Waals surface area contributed by atoms with Crippen LogP contribution in [0.2, 0.25) is 0 Å². The van der Waals surface area contributed by atoms with E-state index in [1.54, 1.807) is 24.3 Å². The lowest BCUT2D eigenvalue weighted by Crippen LogP contribution is -2.27. The Kier molecular flexibility index (Phi) is 20.6. The summed E-state index contributed by atoms with van der Waals surface area (Å²) in [6, 6.07) is 27.3. The molecule has 0 aliphatic carbocycles. The summed E-state index contributed by atoms with van der Waals surface area (Å²) in [6.07, 6.45) is 3.67. The zero-order valence-corrected chi connectivity index (χ0v) is 49.0. The number of carbonyl (C=O) groups is 2. The van der Waals surface area contributed by atoms with E-state index in [0.717, 1.165) is 40.3 Å². The van der Waals surface area contributed by atoms with Crippen molar-refractivity contribution in [2.24, 2.45) is 0 Å². The quantitative estimate of drug-likeness (QED) is 0.0336. The molecule has 0 saturated heterocycles. The van der Waals surface area contributed by atoms with E-state index in [2.05, 4.69) is 10.6 Å². The number of phenols is 1. The normalized spacial score (nSPS) is 11.5. The molecule has 6 aromatic rings. The number of aryl methyl sites for hydroxylation is 2. The first kappa shape index (κ1) is 61.9. The first-order valence-corrected chi connectivity index (χ1v) is 28.3. The van der Waals surface area contributed by atoms with Crippen LogP contribution in [0.5, 0.6) is 46.0 Å². The van der Waals surface area contributed by atoms with Gasteiger partial charge in [-0.1, -0.05) is 147 Å². The zero-order chi connectivity index (χ0) is 57.4. The van der Waals surface area contributed by atoms with Crippen molar-refractivity contribution in [1.82, 2.24) is 0 Å². The van der Waals surface area contributed by atoms with Crippen LogP contribution < -0.4 is 42.7 Å². The second-order valence-corrected chi connectivity index (χ2v) is 24.7. The summed E-state index contributed by atoms with van der Waals surface area (Å²) in [5, 5.41) is 15.2. The minimum atomic E-state index is -4.04. The van der Waals surface area contributed by atoms with E-state index in [0.29, 0.717) is 22.3 Å². The molecule has 0 spiro atoms. The van der Waals surface area contributed by atoms with Crippen LogP contribution in [-0.2, 0) is 29.8 Å². The van der Waals surface area contributed by atoms with Gasteiger partial charge in [0.05, 0.1) is 63.5 Å². The molecule has 6 aromatic carbocycles. The van der Waals surface area contributed by atoms with Crippen molar-refractivity contribution in [2.75, 3.05) is 58.2 Å². The van der Waals surface area contributed by atoms with Crippen LogP contribution in [0.15, 0.2) is 109 Å². The Morgan fingerprint density at radius 2 is 0.909 bits per heavy atom. The van der Waals surface area contributed by atoms with E-state index >= 15 is 0 Å². The molecule has 0 aliphatic heterocycles. The molecule has 3 N–H and O–H groups in total. The van der Waals surface area contributed by atoms with Gasteiger partial charge >= 0.3 is 20.2 Å². The van der Waals surface area contributed by atoms with Gasteiger partial charge < -0.3 is 47.8 Å². The molecule has 2 amide bonds. The third kappa shape index (κ3) is 16.5. The number of benzene rings is 6. The largest absolute Gasteiger partial charge is 0.506 e. The Balaban J connectivity index is 0.000000286. The third-order valence-corrected chi connectivity index (χ3v) is 12.7. The summed E-state index contributed by atoms with van der Waals surface area (Å²) < 4.78 is 84.3. The van der Waals surface area contributed by atoms with Crippen molar-refractivity contribution in [1.29, 1.82) is 0 Å². The molecule has 0 saturated carbocycles. The van der Waals surface area contributed by atoms with Crippen LogP contribution in [0.1, 0.15) is 25.0 Å². The molecule has 0 atom stereocenters. The number of nitrogens with one attached hydrogen (secondary N) is 2. The number of hydrogen-bond donors (Lipinski definition) is 3. The SMILES string of the molecule is COc1cc(-c2ccc(C)cc2)c(OC)c(OS(C)(=O)=O)c1-c1ccc(O)c(NC(=O)C(Cl)(Cl)Cl)c1.COc1cc(-c2ccc(C)cc2)c(OC)c(OS(C)(=O)=O)c1-c1ccc(OCC=C(C)C)c(NC(=O)C(Cl)(Cl)Cl)c1. The maximum atomic E-state index is 12.6. The number of ether oxygens (including phenoxy) is 5.